The van der Waals surface area contributed by atoms with Gasteiger partial charge < -0.3 is 4.57 Å². The summed E-state index contributed by atoms with van der Waals surface area (Å²) in [6.07, 6.45) is 1.60. The monoisotopic (exact) mass is 408 g/mol. The lowest BCUT2D eigenvalue weighted by Gasteiger charge is -2.13. The molecule has 7 nitrogen and oxygen atoms in total. The van der Waals surface area contributed by atoms with Gasteiger partial charge in [0.1, 0.15) is 21.7 Å². The van der Waals surface area contributed by atoms with Crippen molar-refractivity contribution in [3.8, 4) is 0 Å². The Balaban J connectivity index is 2.11. The van der Waals surface area contributed by atoms with Gasteiger partial charge in [0.05, 0.1) is 10.3 Å². The number of benzene rings is 1. The van der Waals surface area contributed by atoms with Gasteiger partial charge in [0.2, 0.25) is 9.84 Å². The molecule has 4 rings (SSSR count). The third-order valence-electron chi connectivity index (χ3n) is 5.30. The topological polar surface area (TPSA) is 97.3 Å². The molecule has 0 aliphatic carbocycles. The van der Waals surface area contributed by atoms with E-state index in [0.29, 0.717) is 5.65 Å². The molecule has 0 radical (unpaired) electrons. The summed E-state index contributed by atoms with van der Waals surface area (Å²) in [5.74, 6) is 0. The molecule has 0 spiro atoms. The van der Waals surface area contributed by atoms with Gasteiger partial charge in [0.15, 0.2) is 0 Å². The van der Waals surface area contributed by atoms with Crippen LogP contribution in [0, 0.1) is 26.2 Å². The Morgan fingerprint density at radius 1 is 0.966 bits per heavy atom. The van der Waals surface area contributed by atoms with E-state index in [1.165, 1.54) is 21.1 Å². The van der Waals surface area contributed by atoms with Crippen molar-refractivity contribution >= 4 is 26.5 Å². The maximum atomic E-state index is 13.3. The quantitative estimate of drug-likeness (QED) is 0.515. The van der Waals surface area contributed by atoms with Crippen molar-refractivity contribution in [2.75, 3.05) is 0 Å². The molecule has 0 saturated heterocycles. The molecule has 0 amide bonds. The molecule has 1 aromatic carbocycles. The Morgan fingerprint density at radius 2 is 1.69 bits per heavy atom. The number of rotatable bonds is 2. The largest absolute Gasteiger partial charge is 0.313 e. The minimum absolute atomic E-state index is 0.0955. The summed E-state index contributed by atoms with van der Waals surface area (Å²) in [6, 6.07) is 9.70. The third kappa shape index (κ3) is 2.79. The standard InChI is InChI=1S/C21H20N4O3S/c1-12-7-8-15(10-14(12)3)29(27,28)17-11-16-20(24(4)18(17)22)23-19-13(2)6-5-9-25(19)21(16)26/h5-11,22H,1-4H3. The number of sulfone groups is 1. The maximum absolute atomic E-state index is 13.3. The Bertz CT molecular complexity index is 1550. The number of aromatic nitrogens is 3. The highest BCUT2D eigenvalue weighted by atomic mass is 32.2. The van der Waals surface area contributed by atoms with Gasteiger partial charge in [0.25, 0.3) is 5.56 Å². The maximum Gasteiger partial charge on any atom is 0.267 e. The molecule has 0 saturated carbocycles. The molecular formula is C21H20N4O3S. The van der Waals surface area contributed by atoms with Gasteiger partial charge >= 0.3 is 0 Å². The second-order valence-electron chi connectivity index (χ2n) is 7.20. The van der Waals surface area contributed by atoms with E-state index in [1.54, 1.807) is 31.4 Å². The Labute approximate surface area is 167 Å². The fraction of sp³-hybridized carbons (Fsp3) is 0.190. The molecule has 8 heteroatoms. The molecule has 0 bridgehead atoms. The Hall–Kier alpha value is -3.26. The lowest BCUT2D eigenvalue weighted by Crippen LogP contribution is -2.28. The van der Waals surface area contributed by atoms with Crippen molar-refractivity contribution in [3.05, 3.63) is 75.1 Å². The second kappa shape index (κ2) is 6.38. The molecule has 0 aliphatic rings. The van der Waals surface area contributed by atoms with Gasteiger partial charge in [-0.2, -0.15) is 0 Å². The number of pyridine rings is 2. The van der Waals surface area contributed by atoms with Crippen LogP contribution >= 0.6 is 0 Å². The molecule has 3 heterocycles. The van der Waals surface area contributed by atoms with E-state index in [-0.39, 0.29) is 31.9 Å². The molecule has 0 unspecified atom stereocenters. The van der Waals surface area contributed by atoms with E-state index in [1.807, 2.05) is 26.8 Å². The van der Waals surface area contributed by atoms with Crippen molar-refractivity contribution in [3.63, 3.8) is 0 Å². The van der Waals surface area contributed by atoms with Gasteiger partial charge in [-0.25, -0.2) is 13.4 Å². The molecule has 3 aromatic heterocycles. The highest BCUT2D eigenvalue weighted by Gasteiger charge is 2.23. The van der Waals surface area contributed by atoms with Gasteiger partial charge in [-0.05, 0) is 61.7 Å². The van der Waals surface area contributed by atoms with Crippen LogP contribution in [0.2, 0.25) is 0 Å². The van der Waals surface area contributed by atoms with Gasteiger partial charge in [-0.15, -0.1) is 0 Å². The number of nitrogens with zero attached hydrogens (tertiary/aromatic N) is 3. The van der Waals surface area contributed by atoms with Crippen LogP contribution in [0.3, 0.4) is 0 Å². The average molecular weight is 408 g/mol. The normalized spacial score (nSPS) is 12.0. The van der Waals surface area contributed by atoms with E-state index in [2.05, 4.69) is 4.98 Å². The van der Waals surface area contributed by atoms with Crippen molar-refractivity contribution < 1.29 is 8.42 Å². The summed E-state index contributed by atoms with van der Waals surface area (Å²) < 4.78 is 29.3. The highest BCUT2D eigenvalue weighted by molar-refractivity contribution is 7.91. The van der Waals surface area contributed by atoms with Gasteiger partial charge in [0, 0.05) is 13.2 Å². The van der Waals surface area contributed by atoms with E-state index in [0.717, 1.165) is 16.7 Å². The molecule has 0 atom stereocenters. The predicted octanol–water partition coefficient (Wildman–Crippen LogP) is 2.42. The van der Waals surface area contributed by atoms with Crippen LogP contribution in [-0.4, -0.2) is 22.4 Å². The third-order valence-corrected chi connectivity index (χ3v) is 7.07. The summed E-state index contributed by atoms with van der Waals surface area (Å²) in [4.78, 5) is 17.5. The molecule has 29 heavy (non-hydrogen) atoms. The second-order valence-corrected chi connectivity index (χ2v) is 9.12. The fourth-order valence-electron chi connectivity index (χ4n) is 3.37. The number of nitrogens with one attached hydrogen (secondary N) is 1. The Morgan fingerprint density at radius 3 is 2.38 bits per heavy atom. The molecule has 4 aromatic rings. The summed E-state index contributed by atoms with van der Waals surface area (Å²) in [6.45, 7) is 5.58. The minimum atomic E-state index is -3.99. The van der Waals surface area contributed by atoms with Gasteiger partial charge in [-0.1, -0.05) is 12.1 Å². The molecule has 148 valence electrons. The van der Waals surface area contributed by atoms with Crippen LogP contribution in [0.1, 0.15) is 16.7 Å². The Kier molecular flexibility index (Phi) is 4.20. The minimum Gasteiger partial charge on any atom is -0.313 e. The summed E-state index contributed by atoms with van der Waals surface area (Å²) in [7, 11) is -2.44. The summed E-state index contributed by atoms with van der Waals surface area (Å²) >= 11 is 0. The van der Waals surface area contributed by atoms with Crippen molar-refractivity contribution in [1.29, 1.82) is 5.41 Å². The number of aryl methyl sites for hydroxylation is 4. The molecule has 0 aliphatic heterocycles. The summed E-state index contributed by atoms with van der Waals surface area (Å²) in [5, 5.41) is 8.59. The SMILES string of the molecule is Cc1ccc(S(=O)(=O)c2cc3c(=O)n4cccc(C)c4nc3n(C)c2=N)cc1C. The van der Waals surface area contributed by atoms with Crippen molar-refractivity contribution in [2.24, 2.45) is 7.05 Å². The smallest absolute Gasteiger partial charge is 0.267 e. The van der Waals surface area contributed by atoms with Gasteiger partial charge in [-0.3, -0.25) is 14.6 Å². The molecule has 1 N–H and O–H groups in total. The lowest BCUT2D eigenvalue weighted by atomic mass is 10.1. The average Bonchev–Trinajstić information content (AvgIpc) is 2.68. The predicted molar refractivity (Wildman–Crippen MR) is 110 cm³/mol. The first-order chi connectivity index (χ1) is 13.6. The highest BCUT2D eigenvalue weighted by Crippen LogP contribution is 2.22. The van der Waals surface area contributed by atoms with Crippen LogP contribution in [0.5, 0.6) is 0 Å². The zero-order valence-corrected chi connectivity index (χ0v) is 17.3. The number of hydrogen-bond acceptors (Lipinski definition) is 5. The van der Waals surface area contributed by atoms with Crippen LogP contribution in [0.4, 0.5) is 0 Å². The first kappa shape index (κ1) is 19.1. The first-order valence-corrected chi connectivity index (χ1v) is 10.5. The van der Waals surface area contributed by atoms with Crippen molar-refractivity contribution in [1.82, 2.24) is 14.0 Å². The molecular weight excluding hydrogens is 388 g/mol. The zero-order valence-electron chi connectivity index (χ0n) is 16.5. The fourth-order valence-corrected chi connectivity index (χ4v) is 4.86. The van der Waals surface area contributed by atoms with Crippen LogP contribution in [-0.2, 0) is 16.9 Å². The lowest BCUT2D eigenvalue weighted by molar-refractivity contribution is 0.592. The summed E-state index contributed by atoms with van der Waals surface area (Å²) in [5.41, 5.74) is 2.78. The number of hydrogen-bond donors (Lipinski definition) is 1. The van der Waals surface area contributed by atoms with E-state index in [9.17, 15) is 13.2 Å². The van der Waals surface area contributed by atoms with Crippen LogP contribution in [0.25, 0.3) is 16.7 Å². The first-order valence-electron chi connectivity index (χ1n) is 9.01. The molecule has 0 fully saturated rings. The van der Waals surface area contributed by atoms with E-state index in [4.69, 9.17) is 5.41 Å². The zero-order chi connectivity index (χ0) is 21.1. The van der Waals surface area contributed by atoms with Crippen LogP contribution in [0.15, 0.2) is 57.2 Å². The van der Waals surface area contributed by atoms with Crippen LogP contribution < -0.4 is 11.0 Å². The van der Waals surface area contributed by atoms with E-state index >= 15 is 0 Å². The number of fused-ring (bicyclic) bond motifs is 2. The van der Waals surface area contributed by atoms with Crippen molar-refractivity contribution in [2.45, 2.75) is 30.6 Å². The van der Waals surface area contributed by atoms with E-state index < -0.39 is 9.84 Å².